The first-order chi connectivity index (χ1) is 9.67. The van der Waals surface area contributed by atoms with Crippen LogP contribution in [-0.2, 0) is 13.0 Å². The maximum atomic E-state index is 14.1. The first-order valence-corrected chi connectivity index (χ1v) is 7.60. The molecule has 2 aromatic rings. The molecule has 0 fully saturated rings. The third-order valence-corrected chi connectivity index (χ3v) is 4.58. The van der Waals surface area contributed by atoms with Crippen molar-refractivity contribution >= 4 is 28.6 Å². The minimum atomic E-state index is -0.221. The van der Waals surface area contributed by atoms with E-state index in [1.54, 1.807) is 12.3 Å². The fraction of sp³-hybridized carbons (Fsp3) is 0.357. The van der Waals surface area contributed by atoms with Crippen LogP contribution in [0.4, 0.5) is 10.1 Å². The second kappa shape index (κ2) is 5.68. The summed E-state index contributed by atoms with van der Waals surface area (Å²) < 4.78 is 14.7. The number of hydrogen-bond donors (Lipinski definition) is 1. The van der Waals surface area contributed by atoms with Crippen LogP contribution in [0.1, 0.15) is 10.6 Å². The molecule has 0 bridgehead atoms. The van der Waals surface area contributed by atoms with E-state index in [-0.39, 0.29) is 18.3 Å². The van der Waals surface area contributed by atoms with Gasteiger partial charge in [-0.2, -0.15) is 0 Å². The first-order valence-electron chi connectivity index (χ1n) is 6.40. The largest absolute Gasteiger partial charge is 0.396 e. The van der Waals surface area contributed by atoms with E-state index in [0.29, 0.717) is 29.5 Å². The summed E-state index contributed by atoms with van der Waals surface area (Å²) in [5.41, 5.74) is 1.57. The molecule has 0 spiro atoms. The summed E-state index contributed by atoms with van der Waals surface area (Å²) >= 11 is 7.29. The summed E-state index contributed by atoms with van der Waals surface area (Å²) in [4.78, 5) is 6.17. The zero-order valence-corrected chi connectivity index (χ0v) is 12.3. The Morgan fingerprint density at radius 3 is 3.05 bits per heavy atom. The lowest BCUT2D eigenvalue weighted by atomic mass is 9.93. The Kier molecular flexibility index (Phi) is 3.92. The molecule has 0 saturated carbocycles. The van der Waals surface area contributed by atoms with Gasteiger partial charge in [-0.15, -0.1) is 11.3 Å². The molecule has 6 heteroatoms. The SMILES string of the molecule is OCC1Cc2cccc(F)c2N(Cc2ncc(Cl)s2)C1. The van der Waals surface area contributed by atoms with Crippen molar-refractivity contribution in [1.82, 2.24) is 4.98 Å². The van der Waals surface area contributed by atoms with Gasteiger partial charge in [0.05, 0.1) is 18.4 Å². The van der Waals surface area contributed by atoms with Crippen LogP contribution in [0.2, 0.25) is 4.34 Å². The van der Waals surface area contributed by atoms with Gasteiger partial charge in [0.25, 0.3) is 0 Å². The highest BCUT2D eigenvalue weighted by Crippen LogP contribution is 2.34. The maximum Gasteiger partial charge on any atom is 0.146 e. The molecule has 0 aliphatic carbocycles. The molecule has 1 aromatic carbocycles. The van der Waals surface area contributed by atoms with E-state index < -0.39 is 0 Å². The summed E-state index contributed by atoms with van der Waals surface area (Å²) in [6.07, 6.45) is 2.32. The van der Waals surface area contributed by atoms with Crippen molar-refractivity contribution in [3.63, 3.8) is 0 Å². The van der Waals surface area contributed by atoms with Crippen molar-refractivity contribution in [2.75, 3.05) is 18.1 Å². The van der Waals surface area contributed by atoms with E-state index in [1.807, 2.05) is 11.0 Å². The van der Waals surface area contributed by atoms with Crippen molar-refractivity contribution in [3.05, 3.63) is 45.1 Å². The smallest absolute Gasteiger partial charge is 0.146 e. The van der Waals surface area contributed by atoms with E-state index in [1.165, 1.54) is 17.4 Å². The van der Waals surface area contributed by atoms with Crippen LogP contribution in [0.3, 0.4) is 0 Å². The zero-order chi connectivity index (χ0) is 14.1. The highest BCUT2D eigenvalue weighted by Gasteiger charge is 2.27. The van der Waals surface area contributed by atoms with Gasteiger partial charge in [-0.3, -0.25) is 0 Å². The second-order valence-electron chi connectivity index (χ2n) is 4.94. The zero-order valence-electron chi connectivity index (χ0n) is 10.7. The number of thiazole rings is 1. The van der Waals surface area contributed by atoms with E-state index in [9.17, 15) is 9.50 Å². The third-order valence-electron chi connectivity index (χ3n) is 3.48. The topological polar surface area (TPSA) is 36.4 Å². The highest BCUT2D eigenvalue weighted by molar-refractivity contribution is 7.15. The van der Waals surface area contributed by atoms with Crippen LogP contribution in [0, 0.1) is 11.7 Å². The molecule has 1 unspecified atom stereocenters. The fourth-order valence-electron chi connectivity index (χ4n) is 2.65. The lowest BCUT2D eigenvalue weighted by Crippen LogP contribution is -2.37. The maximum absolute atomic E-state index is 14.1. The Bertz CT molecular complexity index is 619. The van der Waals surface area contributed by atoms with Crippen molar-refractivity contribution in [2.45, 2.75) is 13.0 Å². The average Bonchev–Trinajstić information content (AvgIpc) is 2.83. The number of para-hydroxylation sites is 1. The predicted molar refractivity (Wildman–Crippen MR) is 78.9 cm³/mol. The normalized spacial score (nSPS) is 18.1. The molecule has 1 N–H and O–H groups in total. The van der Waals surface area contributed by atoms with Crippen LogP contribution >= 0.6 is 22.9 Å². The second-order valence-corrected chi connectivity index (χ2v) is 6.69. The molecule has 0 amide bonds. The van der Waals surface area contributed by atoms with Gasteiger partial charge in [0.15, 0.2) is 0 Å². The Labute approximate surface area is 125 Å². The molecule has 0 radical (unpaired) electrons. The van der Waals surface area contributed by atoms with Gasteiger partial charge in [0.2, 0.25) is 0 Å². The molecule has 0 saturated heterocycles. The quantitative estimate of drug-likeness (QED) is 0.946. The average molecular weight is 313 g/mol. The molecule has 3 rings (SSSR count). The van der Waals surface area contributed by atoms with Crippen LogP contribution < -0.4 is 4.90 Å². The summed E-state index contributed by atoms with van der Waals surface area (Å²) in [6.45, 7) is 1.24. The minimum absolute atomic E-state index is 0.102. The lowest BCUT2D eigenvalue weighted by molar-refractivity contribution is 0.223. The molecule has 20 heavy (non-hydrogen) atoms. The molecule has 1 aliphatic rings. The number of hydrogen-bond acceptors (Lipinski definition) is 4. The van der Waals surface area contributed by atoms with Crippen molar-refractivity contribution in [1.29, 1.82) is 0 Å². The van der Waals surface area contributed by atoms with E-state index in [2.05, 4.69) is 4.98 Å². The number of rotatable bonds is 3. The van der Waals surface area contributed by atoms with Gasteiger partial charge in [-0.05, 0) is 18.1 Å². The van der Waals surface area contributed by atoms with E-state index >= 15 is 0 Å². The van der Waals surface area contributed by atoms with E-state index in [0.717, 1.165) is 10.6 Å². The molecule has 1 aliphatic heterocycles. The first kappa shape index (κ1) is 13.8. The molecule has 3 nitrogen and oxygen atoms in total. The monoisotopic (exact) mass is 312 g/mol. The number of anilines is 1. The van der Waals surface area contributed by atoms with Gasteiger partial charge >= 0.3 is 0 Å². The number of fused-ring (bicyclic) bond motifs is 1. The third kappa shape index (κ3) is 2.66. The number of aliphatic hydroxyl groups is 1. The summed E-state index contributed by atoms with van der Waals surface area (Å²) in [6, 6.07) is 5.11. The number of nitrogens with zero attached hydrogens (tertiary/aromatic N) is 2. The molecule has 106 valence electrons. The molecule has 2 heterocycles. The minimum Gasteiger partial charge on any atom is -0.396 e. The number of benzene rings is 1. The van der Waals surface area contributed by atoms with Crippen molar-refractivity contribution in [3.8, 4) is 0 Å². The number of halogens is 2. The number of aromatic nitrogens is 1. The van der Waals surface area contributed by atoms with Crippen molar-refractivity contribution < 1.29 is 9.50 Å². The Morgan fingerprint density at radius 1 is 1.50 bits per heavy atom. The standard InChI is InChI=1S/C14H14ClFN2OS/c15-12-5-17-13(20-12)7-18-6-9(8-19)4-10-2-1-3-11(16)14(10)18/h1-3,5,9,19H,4,6-8H2. The Hall–Kier alpha value is -1.17. The van der Waals surface area contributed by atoms with Crippen LogP contribution in [0.5, 0.6) is 0 Å². The van der Waals surface area contributed by atoms with Gasteiger partial charge in [0, 0.05) is 19.1 Å². The van der Waals surface area contributed by atoms with Crippen LogP contribution in [-0.4, -0.2) is 23.2 Å². The summed E-state index contributed by atoms with van der Waals surface area (Å²) in [5.74, 6) is -0.0960. The van der Waals surface area contributed by atoms with Gasteiger partial charge < -0.3 is 10.0 Å². The van der Waals surface area contributed by atoms with Gasteiger partial charge in [0.1, 0.15) is 15.2 Å². The summed E-state index contributed by atoms with van der Waals surface area (Å²) in [5, 5.41) is 10.3. The van der Waals surface area contributed by atoms with Gasteiger partial charge in [-0.1, -0.05) is 23.7 Å². The predicted octanol–water partition coefficient (Wildman–Crippen LogP) is 3.11. The highest BCUT2D eigenvalue weighted by atomic mass is 35.5. The Balaban J connectivity index is 1.93. The number of aliphatic hydroxyl groups excluding tert-OH is 1. The van der Waals surface area contributed by atoms with Gasteiger partial charge in [-0.25, -0.2) is 9.37 Å². The van der Waals surface area contributed by atoms with Crippen LogP contribution in [0.15, 0.2) is 24.4 Å². The Morgan fingerprint density at radius 2 is 2.35 bits per heavy atom. The van der Waals surface area contributed by atoms with E-state index in [4.69, 9.17) is 11.6 Å². The summed E-state index contributed by atoms with van der Waals surface area (Å²) in [7, 11) is 0. The van der Waals surface area contributed by atoms with Crippen molar-refractivity contribution in [2.24, 2.45) is 5.92 Å². The molecule has 1 aromatic heterocycles. The van der Waals surface area contributed by atoms with Crippen LogP contribution in [0.25, 0.3) is 0 Å². The lowest BCUT2D eigenvalue weighted by Gasteiger charge is -2.35. The molecular weight excluding hydrogens is 299 g/mol. The molecular formula is C14H14ClFN2OS. The molecule has 1 atom stereocenters. The fourth-order valence-corrected chi connectivity index (χ4v) is 3.62.